The van der Waals surface area contributed by atoms with Crippen molar-refractivity contribution < 1.29 is 22.7 Å². The molecular formula is C23H27N3O5S. The summed E-state index contributed by atoms with van der Waals surface area (Å²) in [5.74, 6) is 0.542. The summed E-state index contributed by atoms with van der Waals surface area (Å²) in [6.45, 7) is 4.69. The number of ether oxygens (including phenoxy) is 2. The lowest BCUT2D eigenvalue weighted by atomic mass is 9.97. The summed E-state index contributed by atoms with van der Waals surface area (Å²) in [6, 6.07) is 14.2. The molecule has 4 rings (SSSR count). The molecule has 0 radical (unpaired) electrons. The lowest BCUT2D eigenvalue weighted by molar-refractivity contribution is -0.122. The predicted molar refractivity (Wildman–Crippen MR) is 119 cm³/mol. The third-order valence-corrected chi connectivity index (χ3v) is 6.17. The molecule has 0 saturated carbocycles. The molecule has 0 aromatic heterocycles. The normalized spacial score (nSPS) is 19.3. The Labute approximate surface area is 189 Å². The number of amides is 1. The first kappa shape index (κ1) is 22.4. The van der Waals surface area contributed by atoms with E-state index in [1.807, 2.05) is 18.2 Å². The highest BCUT2D eigenvalue weighted by Crippen LogP contribution is 2.33. The second-order valence-electron chi connectivity index (χ2n) is 7.97. The third-order valence-electron chi connectivity index (χ3n) is 5.74. The number of rotatable bonds is 7. The van der Waals surface area contributed by atoms with Gasteiger partial charge in [-0.25, -0.2) is 0 Å². The van der Waals surface area contributed by atoms with Gasteiger partial charge in [-0.05, 0) is 17.2 Å². The molecule has 1 amide bonds. The van der Waals surface area contributed by atoms with Crippen LogP contribution in [-0.2, 0) is 26.6 Å². The van der Waals surface area contributed by atoms with E-state index in [1.165, 1.54) is 5.56 Å². The summed E-state index contributed by atoms with van der Waals surface area (Å²) < 4.78 is 37.3. The number of carbonyl (C=O) groups is 1. The first-order chi connectivity index (χ1) is 15.6. The quantitative estimate of drug-likeness (QED) is 0.687. The Morgan fingerprint density at radius 2 is 1.91 bits per heavy atom. The highest BCUT2D eigenvalue weighted by atomic mass is 32.2. The topological polar surface area (TPSA) is 97.3 Å². The van der Waals surface area contributed by atoms with Gasteiger partial charge in [0.2, 0.25) is 5.91 Å². The molecule has 2 unspecified atom stereocenters. The Hall–Kier alpha value is -2.75. The molecule has 0 spiro atoms. The maximum absolute atomic E-state index is 12.8. The minimum absolute atomic E-state index is 0.0419. The second-order valence-corrected chi connectivity index (χ2v) is 8.62. The van der Waals surface area contributed by atoms with Gasteiger partial charge in [0.25, 0.3) is 0 Å². The van der Waals surface area contributed by atoms with Crippen molar-refractivity contribution in [3.05, 3.63) is 65.2 Å². The van der Waals surface area contributed by atoms with Crippen molar-refractivity contribution in [3.63, 3.8) is 0 Å². The van der Waals surface area contributed by atoms with Crippen LogP contribution in [0.4, 0.5) is 0 Å². The number of benzene rings is 2. The van der Waals surface area contributed by atoms with E-state index in [0.29, 0.717) is 18.6 Å². The number of morpholine rings is 1. The van der Waals surface area contributed by atoms with E-state index >= 15 is 0 Å². The Kier molecular flexibility index (Phi) is 7.51. The molecule has 9 heteroatoms. The van der Waals surface area contributed by atoms with Crippen LogP contribution in [0, 0.1) is 0 Å². The average molecular weight is 458 g/mol. The number of hydrogen-bond acceptors (Lipinski definition) is 7. The van der Waals surface area contributed by atoms with Gasteiger partial charge in [0.15, 0.2) is 0 Å². The minimum Gasteiger partial charge on any atom is -0.493 e. The molecule has 2 aromatic rings. The molecule has 2 aromatic carbocycles. The SMILES string of the molecule is O=C(CC(N=S(=O)=O)c1ccccc1)NC1CCOc2cc(CN3CCOCC3)ccc21. The van der Waals surface area contributed by atoms with E-state index < -0.39 is 16.5 Å². The van der Waals surface area contributed by atoms with E-state index in [0.717, 1.165) is 44.2 Å². The van der Waals surface area contributed by atoms with Crippen LogP contribution in [0.15, 0.2) is 52.9 Å². The fourth-order valence-electron chi connectivity index (χ4n) is 4.12. The van der Waals surface area contributed by atoms with E-state index in [4.69, 9.17) is 9.47 Å². The van der Waals surface area contributed by atoms with Crippen LogP contribution in [0.2, 0.25) is 0 Å². The number of carbonyl (C=O) groups excluding carboxylic acids is 1. The summed E-state index contributed by atoms with van der Waals surface area (Å²) in [5, 5.41) is 3.04. The fourth-order valence-corrected chi connectivity index (χ4v) is 4.53. The number of hydrogen-bond donors (Lipinski definition) is 1. The van der Waals surface area contributed by atoms with Crippen molar-refractivity contribution in [2.24, 2.45) is 4.36 Å². The Morgan fingerprint density at radius 1 is 1.12 bits per heavy atom. The Balaban J connectivity index is 1.43. The molecule has 2 heterocycles. The van der Waals surface area contributed by atoms with Gasteiger partial charge < -0.3 is 14.8 Å². The molecule has 1 saturated heterocycles. The fraction of sp³-hybridized carbons (Fsp3) is 0.435. The second kappa shape index (κ2) is 10.7. The molecular weight excluding hydrogens is 430 g/mol. The summed E-state index contributed by atoms with van der Waals surface area (Å²) >= 11 is 0. The molecule has 2 aliphatic heterocycles. The van der Waals surface area contributed by atoms with Crippen LogP contribution < -0.4 is 10.1 Å². The van der Waals surface area contributed by atoms with Gasteiger partial charge in [0, 0.05) is 31.6 Å². The number of nitrogens with one attached hydrogen (secondary N) is 1. The summed E-state index contributed by atoms with van der Waals surface area (Å²) in [5.41, 5.74) is 2.79. The van der Waals surface area contributed by atoms with Crippen molar-refractivity contribution in [2.45, 2.75) is 31.5 Å². The minimum atomic E-state index is -2.60. The van der Waals surface area contributed by atoms with Crippen LogP contribution in [0.5, 0.6) is 5.75 Å². The zero-order chi connectivity index (χ0) is 22.3. The maximum atomic E-state index is 12.8. The van der Waals surface area contributed by atoms with Gasteiger partial charge in [-0.1, -0.05) is 42.5 Å². The molecule has 0 aliphatic carbocycles. The smallest absolute Gasteiger partial charge is 0.311 e. The van der Waals surface area contributed by atoms with E-state index in [-0.39, 0.29) is 18.4 Å². The predicted octanol–water partition coefficient (Wildman–Crippen LogP) is 2.65. The van der Waals surface area contributed by atoms with Crippen molar-refractivity contribution >= 4 is 16.4 Å². The first-order valence-corrected chi connectivity index (χ1v) is 11.8. The van der Waals surface area contributed by atoms with Crippen molar-refractivity contribution in [2.75, 3.05) is 32.9 Å². The molecule has 8 nitrogen and oxygen atoms in total. The van der Waals surface area contributed by atoms with Crippen LogP contribution in [0.25, 0.3) is 0 Å². The van der Waals surface area contributed by atoms with Crippen molar-refractivity contribution in [1.29, 1.82) is 0 Å². The highest BCUT2D eigenvalue weighted by molar-refractivity contribution is 7.61. The van der Waals surface area contributed by atoms with E-state index in [9.17, 15) is 13.2 Å². The number of nitrogens with zero attached hydrogens (tertiary/aromatic N) is 2. The summed E-state index contributed by atoms with van der Waals surface area (Å²) in [4.78, 5) is 15.1. The van der Waals surface area contributed by atoms with Gasteiger partial charge in [-0.15, -0.1) is 0 Å². The van der Waals surface area contributed by atoms with Crippen molar-refractivity contribution in [1.82, 2.24) is 10.2 Å². The molecule has 0 bridgehead atoms. The van der Waals surface area contributed by atoms with Gasteiger partial charge in [0.1, 0.15) is 11.8 Å². The zero-order valence-corrected chi connectivity index (χ0v) is 18.6. The molecule has 1 N–H and O–H groups in total. The molecule has 1 fully saturated rings. The zero-order valence-electron chi connectivity index (χ0n) is 17.8. The van der Waals surface area contributed by atoms with Crippen LogP contribution in [0.1, 0.15) is 41.6 Å². The third kappa shape index (κ3) is 5.93. The lowest BCUT2D eigenvalue weighted by Crippen LogP contribution is -2.35. The van der Waals surface area contributed by atoms with Gasteiger partial charge in [-0.3, -0.25) is 9.69 Å². The highest BCUT2D eigenvalue weighted by Gasteiger charge is 2.25. The van der Waals surface area contributed by atoms with Gasteiger partial charge in [-0.2, -0.15) is 12.8 Å². The van der Waals surface area contributed by atoms with E-state index in [2.05, 4.69) is 20.6 Å². The largest absolute Gasteiger partial charge is 0.493 e. The lowest BCUT2D eigenvalue weighted by Gasteiger charge is -2.29. The Morgan fingerprint density at radius 3 is 2.66 bits per heavy atom. The Bertz CT molecular complexity index is 1060. The standard InChI is InChI=1S/C23H27N3O5S/c27-23(15-21(25-32(28)29)18-4-2-1-3-5-18)24-20-8-11-31-22-14-17(6-7-19(20)22)16-26-9-12-30-13-10-26/h1-7,14,20-21H,8-13,15-16H2,(H,24,27). The van der Waals surface area contributed by atoms with Crippen molar-refractivity contribution in [3.8, 4) is 5.75 Å². The molecule has 2 atom stereocenters. The van der Waals surface area contributed by atoms with Crippen LogP contribution in [-0.4, -0.2) is 52.1 Å². The number of fused-ring (bicyclic) bond motifs is 1. The van der Waals surface area contributed by atoms with Crippen LogP contribution >= 0.6 is 0 Å². The first-order valence-electron chi connectivity index (χ1n) is 10.8. The summed E-state index contributed by atoms with van der Waals surface area (Å²) in [7, 11) is -2.60. The molecule has 32 heavy (non-hydrogen) atoms. The van der Waals surface area contributed by atoms with Crippen LogP contribution in [0.3, 0.4) is 0 Å². The van der Waals surface area contributed by atoms with E-state index in [1.54, 1.807) is 24.3 Å². The monoisotopic (exact) mass is 457 g/mol. The van der Waals surface area contributed by atoms with Gasteiger partial charge >= 0.3 is 10.5 Å². The maximum Gasteiger partial charge on any atom is 0.311 e. The van der Waals surface area contributed by atoms with Gasteiger partial charge in [0.05, 0.1) is 32.3 Å². The molecule has 2 aliphatic rings. The molecule has 170 valence electrons. The average Bonchev–Trinajstić information content (AvgIpc) is 2.80. The summed E-state index contributed by atoms with van der Waals surface area (Å²) in [6.07, 6.45) is 0.613.